The van der Waals surface area contributed by atoms with E-state index in [1.54, 1.807) is 0 Å². The minimum atomic E-state index is -3.70. The molecule has 1 saturated heterocycles. The number of nitrogens with one attached hydrogen (secondary N) is 1. The molecule has 1 aliphatic heterocycles. The van der Waals surface area contributed by atoms with E-state index in [0.717, 1.165) is 37.0 Å². The van der Waals surface area contributed by atoms with Crippen molar-refractivity contribution in [3.05, 3.63) is 16.5 Å². The Kier molecular flexibility index (Phi) is 5.09. The van der Waals surface area contributed by atoms with Gasteiger partial charge in [0.1, 0.15) is 4.21 Å². The Hall–Kier alpha value is -0.150. The van der Waals surface area contributed by atoms with E-state index < -0.39 is 31.0 Å². The summed E-state index contributed by atoms with van der Waals surface area (Å²) in [5.74, 6) is -0.415. The van der Waals surface area contributed by atoms with E-state index in [0.29, 0.717) is 4.34 Å². The third-order valence-corrected chi connectivity index (χ3v) is 10.5. The van der Waals surface area contributed by atoms with Crippen LogP contribution in [0.2, 0.25) is 4.34 Å². The summed E-state index contributed by atoms with van der Waals surface area (Å²) in [5.41, 5.74) is 0. The molecule has 1 aromatic rings. The smallest absolute Gasteiger partial charge is 0.193 e. The zero-order valence-corrected chi connectivity index (χ0v) is 15.8. The molecule has 3 rings (SSSR count). The van der Waals surface area contributed by atoms with E-state index in [1.807, 2.05) is 0 Å². The van der Waals surface area contributed by atoms with Crippen LogP contribution >= 0.6 is 22.9 Å². The molecule has 0 radical (unpaired) electrons. The van der Waals surface area contributed by atoms with Gasteiger partial charge in [0.25, 0.3) is 0 Å². The van der Waals surface area contributed by atoms with Gasteiger partial charge in [-0.05, 0) is 25.0 Å². The molecule has 0 aromatic carbocycles. The fourth-order valence-electron chi connectivity index (χ4n) is 3.45. The largest absolute Gasteiger partial charge is 0.309 e. The summed E-state index contributed by atoms with van der Waals surface area (Å²) in [6.07, 6.45) is 5.36. The molecule has 23 heavy (non-hydrogen) atoms. The summed E-state index contributed by atoms with van der Waals surface area (Å²) < 4.78 is 50.3. The van der Waals surface area contributed by atoms with Gasteiger partial charge in [-0.15, -0.1) is 11.3 Å². The van der Waals surface area contributed by atoms with Crippen LogP contribution in [0.4, 0.5) is 0 Å². The van der Waals surface area contributed by atoms with Gasteiger partial charge in [-0.1, -0.05) is 30.9 Å². The number of hydrogen-bond donors (Lipinski definition) is 1. The van der Waals surface area contributed by atoms with Crippen LogP contribution in [0.15, 0.2) is 16.3 Å². The Balaban J connectivity index is 1.85. The lowest BCUT2D eigenvalue weighted by molar-refractivity contribution is 0.345. The third kappa shape index (κ3) is 3.92. The van der Waals surface area contributed by atoms with Crippen molar-refractivity contribution < 1.29 is 16.8 Å². The summed E-state index contributed by atoms with van der Waals surface area (Å²) in [4.78, 5) is 0. The van der Waals surface area contributed by atoms with Crippen LogP contribution in [-0.4, -0.2) is 45.7 Å². The average Bonchev–Trinajstić information content (AvgIpc) is 3.04. The van der Waals surface area contributed by atoms with Gasteiger partial charge in [-0.3, -0.25) is 0 Å². The molecule has 0 unspecified atom stereocenters. The predicted octanol–water partition coefficient (Wildman–Crippen LogP) is 2.26. The lowest BCUT2D eigenvalue weighted by Gasteiger charge is -2.28. The number of halogens is 1. The minimum Gasteiger partial charge on any atom is -0.309 e. The van der Waals surface area contributed by atoms with Gasteiger partial charge in [-0.25, -0.2) is 16.8 Å². The monoisotopic (exact) mass is 397 g/mol. The standard InChI is InChI=1S/C14H20ClNO4S3/c15-13-6-7-14(21-13)23(19,20)12-9-22(17,18)8-11(12)16-10-4-2-1-3-5-10/h6-7,10-12,16H,1-5,8-9H2/t11-,12-/m0/s1. The van der Waals surface area contributed by atoms with Crippen LogP contribution in [0.25, 0.3) is 0 Å². The highest BCUT2D eigenvalue weighted by Gasteiger charge is 2.46. The van der Waals surface area contributed by atoms with Crippen molar-refractivity contribution in [1.82, 2.24) is 5.32 Å². The van der Waals surface area contributed by atoms with E-state index in [1.165, 1.54) is 18.6 Å². The molecule has 1 N–H and O–H groups in total. The predicted molar refractivity (Wildman–Crippen MR) is 92.8 cm³/mol. The molecule has 2 atom stereocenters. The van der Waals surface area contributed by atoms with Gasteiger partial charge < -0.3 is 5.32 Å². The van der Waals surface area contributed by atoms with Gasteiger partial charge in [-0.2, -0.15) is 0 Å². The lowest BCUT2D eigenvalue weighted by atomic mass is 9.95. The molecule has 1 saturated carbocycles. The zero-order chi connectivity index (χ0) is 16.7. The molecular weight excluding hydrogens is 378 g/mol. The maximum atomic E-state index is 12.8. The maximum Gasteiger partial charge on any atom is 0.193 e. The Morgan fingerprint density at radius 3 is 2.43 bits per heavy atom. The number of thiophene rings is 1. The molecule has 2 fully saturated rings. The first-order valence-corrected chi connectivity index (χ1v) is 12.3. The molecule has 2 heterocycles. The van der Waals surface area contributed by atoms with Gasteiger partial charge in [0.15, 0.2) is 19.7 Å². The van der Waals surface area contributed by atoms with Crippen LogP contribution in [0.3, 0.4) is 0 Å². The number of sulfone groups is 2. The SMILES string of the molecule is O=S1(=O)C[C@H](NC2CCCCC2)[C@@H](S(=O)(=O)c2ccc(Cl)s2)C1. The zero-order valence-electron chi connectivity index (χ0n) is 12.6. The molecule has 130 valence electrons. The first-order valence-electron chi connectivity index (χ1n) is 7.74. The molecule has 0 amide bonds. The Morgan fingerprint density at radius 2 is 1.83 bits per heavy atom. The van der Waals surface area contributed by atoms with E-state index in [-0.39, 0.29) is 21.8 Å². The summed E-state index contributed by atoms with van der Waals surface area (Å²) in [6, 6.07) is 2.68. The fourth-order valence-corrected chi connectivity index (χ4v) is 9.84. The Labute approximate surface area is 146 Å². The van der Waals surface area contributed by atoms with E-state index in [4.69, 9.17) is 11.6 Å². The Bertz CT molecular complexity index is 766. The van der Waals surface area contributed by atoms with Gasteiger partial charge in [0.05, 0.1) is 21.1 Å². The van der Waals surface area contributed by atoms with Gasteiger partial charge in [0, 0.05) is 12.1 Å². The lowest BCUT2D eigenvalue weighted by Crippen LogP contribution is -2.48. The van der Waals surface area contributed by atoms with Crippen molar-refractivity contribution in [2.24, 2.45) is 0 Å². The van der Waals surface area contributed by atoms with Crippen LogP contribution in [0, 0.1) is 0 Å². The topological polar surface area (TPSA) is 80.3 Å². The fraction of sp³-hybridized carbons (Fsp3) is 0.714. The van der Waals surface area contributed by atoms with E-state index in [9.17, 15) is 16.8 Å². The van der Waals surface area contributed by atoms with Gasteiger partial charge in [0.2, 0.25) is 0 Å². The van der Waals surface area contributed by atoms with Crippen molar-refractivity contribution in [3.63, 3.8) is 0 Å². The second-order valence-electron chi connectivity index (χ2n) is 6.33. The molecular formula is C14H20ClNO4S3. The summed E-state index contributed by atoms with van der Waals surface area (Å²) in [7, 11) is -7.05. The first kappa shape index (κ1) is 17.7. The molecule has 0 spiro atoms. The highest BCUT2D eigenvalue weighted by molar-refractivity contribution is 7.97. The van der Waals surface area contributed by atoms with Crippen molar-refractivity contribution >= 4 is 42.6 Å². The van der Waals surface area contributed by atoms with Crippen LogP contribution in [0.1, 0.15) is 32.1 Å². The Morgan fingerprint density at radius 1 is 1.13 bits per heavy atom. The highest BCUT2D eigenvalue weighted by atomic mass is 35.5. The normalized spacial score (nSPS) is 28.9. The van der Waals surface area contributed by atoms with Crippen molar-refractivity contribution in [1.29, 1.82) is 0 Å². The summed E-state index contributed by atoms with van der Waals surface area (Å²) in [6.45, 7) is 0. The summed E-state index contributed by atoms with van der Waals surface area (Å²) >= 11 is 6.83. The third-order valence-electron chi connectivity index (χ3n) is 4.58. The van der Waals surface area contributed by atoms with E-state index >= 15 is 0 Å². The molecule has 0 bridgehead atoms. The van der Waals surface area contributed by atoms with E-state index in [2.05, 4.69) is 5.32 Å². The highest BCUT2D eigenvalue weighted by Crippen LogP contribution is 2.33. The average molecular weight is 398 g/mol. The number of hydrogen-bond acceptors (Lipinski definition) is 6. The second kappa shape index (κ2) is 6.63. The van der Waals surface area contributed by atoms with Crippen LogP contribution in [-0.2, 0) is 19.7 Å². The maximum absolute atomic E-state index is 12.8. The summed E-state index contributed by atoms with van der Waals surface area (Å²) in [5, 5.41) is 2.39. The molecule has 9 heteroatoms. The van der Waals surface area contributed by atoms with Crippen molar-refractivity contribution in [2.45, 2.75) is 53.6 Å². The number of rotatable bonds is 4. The first-order chi connectivity index (χ1) is 10.8. The quantitative estimate of drug-likeness (QED) is 0.842. The van der Waals surface area contributed by atoms with Crippen LogP contribution < -0.4 is 5.32 Å². The minimum absolute atomic E-state index is 0.105. The molecule has 2 aliphatic rings. The van der Waals surface area contributed by atoms with Crippen molar-refractivity contribution in [3.8, 4) is 0 Å². The van der Waals surface area contributed by atoms with Gasteiger partial charge >= 0.3 is 0 Å². The molecule has 5 nitrogen and oxygen atoms in total. The van der Waals surface area contributed by atoms with Crippen molar-refractivity contribution in [2.75, 3.05) is 11.5 Å². The molecule has 1 aliphatic carbocycles. The van der Waals surface area contributed by atoms with Crippen LogP contribution in [0.5, 0.6) is 0 Å². The molecule has 1 aromatic heterocycles. The second-order valence-corrected chi connectivity index (χ2v) is 12.6.